The van der Waals surface area contributed by atoms with Crippen LogP contribution in [0.1, 0.15) is 5.56 Å². The minimum Gasteiger partial charge on any atom is -0.397 e. The van der Waals surface area contributed by atoms with Gasteiger partial charge in [0, 0.05) is 0 Å². The Morgan fingerprint density at radius 2 is 2.25 bits per heavy atom. The highest BCUT2D eigenvalue weighted by Gasteiger charge is 2.05. The topological polar surface area (TPSA) is 49.8 Å². The van der Waals surface area contributed by atoms with Crippen LogP contribution in [0.3, 0.4) is 0 Å². The SMILES string of the molecule is N#CCc1cc(F)cc(Cl)c1N. The van der Waals surface area contributed by atoms with Crippen molar-refractivity contribution >= 4 is 17.3 Å². The van der Waals surface area contributed by atoms with Crippen LogP contribution in [0.25, 0.3) is 0 Å². The fourth-order valence-electron chi connectivity index (χ4n) is 0.869. The molecule has 62 valence electrons. The Balaban J connectivity index is 3.20. The maximum absolute atomic E-state index is 12.7. The molecule has 0 aliphatic rings. The van der Waals surface area contributed by atoms with Gasteiger partial charge in [0.05, 0.1) is 23.2 Å². The lowest BCUT2D eigenvalue weighted by molar-refractivity contribution is 0.626. The molecular weight excluding hydrogens is 179 g/mol. The molecule has 0 aromatic heterocycles. The number of nitrogen functional groups attached to an aromatic ring is 1. The predicted octanol–water partition coefficient (Wildman–Crippen LogP) is 2.13. The molecule has 2 N–H and O–H groups in total. The van der Waals surface area contributed by atoms with E-state index in [4.69, 9.17) is 22.6 Å². The highest BCUT2D eigenvalue weighted by atomic mass is 35.5. The Hall–Kier alpha value is -1.27. The van der Waals surface area contributed by atoms with E-state index in [1.807, 2.05) is 6.07 Å². The third-order valence-corrected chi connectivity index (χ3v) is 1.76. The van der Waals surface area contributed by atoms with Gasteiger partial charge in [-0.3, -0.25) is 0 Å². The summed E-state index contributed by atoms with van der Waals surface area (Å²) in [4.78, 5) is 0. The molecule has 2 nitrogen and oxygen atoms in total. The van der Waals surface area contributed by atoms with Crippen LogP contribution in [-0.2, 0) is 6.42 Å². The zero-order chi connectivity index (χ0) is 9.14. The zero-order valence-corrected chi connectivity index (χ0v) is 6.90. The average Bonchev–Trinajstić information content (AvgIpc) is 2.00. The first-order valence-electron chi connectivity index (χ1n) is 3.25. The normalized spacial score (nSPS) is 9.42. The molecule has 4 heteroatoms. The van der Waals surface area contributed by atoms with Crippen LogP contribution in [0.15, 0.2) is 12.1 Å². The highest BCUT2D eigenvalue weighted by molar-refractivity contribution is 6.33. The molecule has 0 amide bonds. The Morgan fingerprint density at radius 3 is 2.83 bits per heavy atom. The maximum Gasteiger partial charge on any atom is 0.125 e. The average molecular weight is 185 g/mol. The summed E-state index contributed by atoms with van der Waals surface area (Å²) in [6.45, 7) is 0. The Morgan fingerprint density at radius 1 is 1.58 bits per heavy atom. The first kappa shape index (κ1) is 8.82. The number of rotatable bonds is 1. The molecule has 0 bridgehead atoms. The summed E-state index contributed by atoms with van der Waals surface area (Å²) in [6.07, 6.45) is 0.0727. The van der Waals surface area contributed by atoms with Gasteiger partial charge in [-0.1, -0.05) is 11.6 Å². The summed E-state index contributed by atoms with van der Waals surface area (Å²) in [7, 11) is 0. The van der Waals surface area contributed by atoms with Crippen LogP contribution >= 0.6 is 11.6 Å². The van der Waals surface area contributed by atoms with Gasteiger partial charge >= 0.3 is 0 Å². The van der Waals surface area contributed by atoms with Crippen molar-refractivity contribution in [2.45, 2.75) is 6.42 Å². The second-order valence-corrected chi connectivity index (χ2v) is 2.70. The number of hydrogen-bond acceptors (Lipinski definition) is 2. The Kier molecular flexibility index (Phi) is 2.51. The van der Waals surface area contributed by atoms with Crippen LogP contribution in [0.5, 0.6) is 0 Å². The van der Waals surface area contributed by atoms with Crippen molar-refractivity contribution in [1.82, 2.24) is 0 Å². The van der Waals surface area contributed by atoms with E-state index < -0.39 is 5.82 Å². The van der Waals surface area contributed by atoms with Crippen LogP contribution in [0.2, 0.25) is 5.02 Å². The minimum absolute atomic E-state index is 0.0727. The minimum atomic E-state index is -0.473. The second kappa shape index (κ2) is 3.42. The summed E-state index contributed by atoms with van der Waals surface area (Å²) in [5.41, 5.74) is 6.20. The third-order valence-electron chi connectivity index (χ3n) is 1.45. The molecule has 0 saturated carbocycles. The standard InChI is InChI=1S/C8H6ClFN2/c9-7-4-6(10)3-5(1-2-11)8(7)12/h3-4H,1,12H2. The van der Waals surface area contributed by atoms with E-state index in [1.165, 1.54) is 6.07 Å². The molecule has 0 heterocycles. The number of nitriles is 1. The highest BCUT2D eigenvalue weighted by Crippen LogP contribution is 2.24. The molecule has 1 aromatic carbocycles. The van der Waals surface area contributed by atoms with Gasteiger partial charge in [-0.2, -0.15) is 5.26 Å². The van der Waals surface area contributed by atoms with Crippen molar-refractivity contribution in [2.24, 2.45) is 0 Å². The molecule has 0 fully saturated rings. The molecule has 0 atom stereocenters. The number of nitrogens with two attached hydrogens (primary N) is 1. The summed E-state index contributed by atoms with van der Waals surface area (Å²) < 4.78 is 12.7. The van der Waals surface area contributed by atoms with Crippen LogP contribution in [-0.4, -0.2) is 0 Å². The van der Waals surface area contributed by atoms with E-state index in [-0.39, 0.29) is 17.1 Å². The molecular formula is C8H6ClFN2. The van der Waals surface area contributed by atoms with Gasteiger partial charge in [-0.25, -0.2) is 4.39 Å². The molecule has 0 radical (unpaired) electrons. The van der Waals surface area contributed by atoms with Gasteiger partial charge in [0.15, 0.2) is 0 Å². The molecule has 1 rings (SSSR count). The summed E-state index contributed by atoms with van der Waals surface area (Å²) in [5, 5.41) is 8.51. The van der Waals surface area contributed by atoms with Crippen LogP contribution < -0.4 is 5.73 Å². The van der Waals surface area contributed by atoms with Crippen molar-refractivity contribution in [3.63, 3.8) is 0 Å². The Labute approximate surface area is 74.4 Å². The van der Waals surface area contributed by atoms with Gasteiger partial charge in [-0.05, 0) is 17.7 Å². The van der Waals surface area contributed by atoms with Crippen LogP contribution in [0, 0.1) is 17.1 Å². The van der Waals surface area contributed by atoms with Gasteiger partial charge in [0.1, 0.15) is 5.82 Å². The van der Waals surface area contributed by atoms with E-state index in [1.54, 1.807) is 0 Å². The number of halogens is 2. The molecule has 12 heavy (non-hydrogen) atoms. The van der Waals surface area contributed by atoms with E-state index in [0.717, 1.165) is 6.07 Å². The Bertz CT molecular complexity index is 344. The van der Waals surface area contributed by atoms with Gasteiger partial charge < -0.3 is 5.73 Å². The third kappa shape index (κ3) is 1.66. The van der Waals surface area contributed by atoms with Crippen molar-refractivity contribution in [3.8, 4) is 6.07 Å². The summed E-state index contributed by atoms with van der Waals surface area (Å²) in [5.74, 6) is -0.473. The predicted molar refractivity (Wildman–Crippen MR) is 45.1 cm³/mol. The maximum atomic E-state index is 12.7. The zero-order valence-electron chi connectivity index (χ0n) is 6.14. The molecule has 0 aliphatic heterocycles. The first-order chi connectivity index (χ1) is 5.65. The lowest BCUT2D eigenvalue weighted by atomic mass is 10.1. The van der Waals surface area contributed by atoms with E-state index >= 15 is 0 Å². The molecule has 0 aliphatic carbocycles. The van der Waals surface area contributed by atoms with Crippen molar-refractivity contribution < 1.29 is 4.39 Å². The quantitative estimate of drug-likeness (QED) is 0.680. The fourth-order valence-corrected chi connectivity index (χ4v) is 1.10. The van der Waals surface area contributed by atoms with E-state index in [0.29, 0.717) is 5.56 Å². The fraction of sp³-hybridized carbons (Fsp3) is 0.125. The second-order valence-electron chi connectivity index (χ2n) is 2.30. The van der Waals surface area contributed by atoms with Crippen molar-refractivity contribution in [2.75, 3.05) is 5.73 Å². The molecule has 1 aromatic rings. The summed E-state index contributed by atoms with van der Waals surface area (Å²) in [6, 6.07) is 4.21. The number of hydrogen-bond donors (Lipinski definition) is 1. The molecule has 0 unspecified atom stereocenters. The number of nitrogens with zero attached hydrogens (tertiary/aromatic N) is 1. The van der Waals surface area contributed by atoms with E-state index in [2.05, 4.69) is 0 Å². The number of anilines is 1. The largest absolute Gasteiger partial charge is 0.397 e. The monoisotopic (exact) mass is 184 g/mol. The smallest absolute Gasteiger partial charge is 0.125 e. The number of benzene rings is 1. The van der Waals surface area contributed by atoms with Crippen molar-refractivity contribution in [1.29, 1.82) is 5.26 Å². The van der Waals surface area contributed by atoms with Gasteiger partial charge in [-0.15, -0.1) is 0 Å². The van der Waals surface area contributed by atoms with Gasteiger partial charge in [0.25, 0.3) is 0 Å². The van der Waals surface area contributed by atoms with Crippen LogP contribution in [0.4, 0.5) is 10.1 Å². The lowest BCUT2D eigenvalue weighted by Crippen LogP contribution is -1.95. The molecule has 0 saturated heterocycles. The first-order valence-corrected chi connectivity index (χ1v) is 3.63. The lowest BCUT2D eigenvalue weighted by Gasteiger charge is -2.03. The molecule has 0 spiro atoms. The van der Waals surface area contributed by atoms with Crippen molar-refractivity contribution in [3.05, 3.63) is 28.5 Å². The summed E-state index contributed by atoms with van der Waals surface area (Å²) >= 11 is 5.58. The van der Waals surface area contributed by atoms with E-state index in [9.17, 15) is 4.39 Å². The van der Waals surface area contributed by atoms with Gasteiger partial charge in [0.2, 0.25) is 0 Å².